The first-order chi connectivity index (χ1) is 19.6. The predicted molar refractivity (Wildman–Crippen MR) is 154 cm³/mol. The van der Waals surface area contributed by atoms with E-state index in [0.29, 0.717) is 22.3 Å². The maximum absolute atomic E-state index is 15.3. The molecule has 0 aliphatic carbocycles. The Kier molecular flexibility index (Phi) is 9.17. The third-order valence-electron chi connectivity index (χ3n) is 7.97. The molecule has 0 radical (unpaired) electrons. The predicted octanol–water partition coefficient (Wildman–Crippen LogP) is 3.37. The molecular weight excluding hydrogens is 523 g/mol. The lowest BCUT2D eigenvalue weighted by molar-refractivity contribution is -0.301. The summed E-state index contributed by atoms with van der Waals surface area (Å²) in [6.45, 7) is -1.08. The highest BCUT2D eigenvalue weighted by molar-refractivity contribution is 5.81. The molecule has 7 heteroatoms. The lowest BCUT2D eigenvalue weighted by Gasteiger charge is -2.56. The zero-order chi connectivity index (χ0) is 29.6. The standard InChI is InChI=1S/C34H35FO6/c35-30(37)32(39,22-27-15-7-2-8-16-27)34(41,24-29-19-11-4-12-20-29)33(40,23-28-17-9-3-10-18-28)31(38,25-36)21-26-13-5-1-6-14-26/h1-20,36,38-41H,21-25H2/t31-,32+,33+,34-/m1/s1. The summed E-state index contributed by atoms with van der Waals surface area (Å²) in [6, 6.07) is 30.8. The van der Waals surface area contributed by atoms with Crippen LogP contribution in [-0.2, 0) is 30.5 Å². The van der Waals surface area contributed by atoms with Gasteiger partial charge in [0.2, 0.25) is 0 Å². The molecule has 4 aromatic carbocycles. The maximum Gasteiger partial charge on any atom is 0.336 e. The largest absolute Gasteiger partial charge is 0.393 e. The quantitative estimate of drug-likeness (QED) is 0.161. The fourth-order valence-electron chi connectivity index (χ4n) is 5.65. The molecule has 0 aliphatic heterocycles. The Morgan fingerprint density at radius 1 is 0.512 bits per heavy atom. The van der Waals surface area contributed by atoms with Crippen molar-refractivity contribution in [3.63, 3.8) is 0 Å². The van der Waals surface area contributed by atoms with Gasteiger partial charge in [0.25, 0.3) is 0 Å². The van der Waals surface area contributed by atoms with Gasteiger partial charge in [0.1, 0.15) is 16.8 Å². The molecule has 214 valence electrons. The molecule has 0 fully saturated rings. The van der Waals surface area contributed by atoms with E-state index in [1.165, 1.54) is 0 Å². The summed E-state index contributed by atoms with van der Waals surface area (Å²) in [5, 5.41) is 60.4. The minimum absolute atomic E-state index is 0.310. The van der Waals surface area contributed by atoms with Crippen LogP contribution in [0.3, 0.4) is 0 Å². The Bertz CT molecular complexity index is 1400. The second-order valence-electron chi connectivity index (χ2n) is 10.7. The molecule has 0 bridgehead atoms. The van der Waals surface area contributed by atoms with E-state index in [1.54, 1.807) is 121 Å². The third kappa shape index (κ3) is 6.00. The summed E-state index contributed by atoms with van der Waals surface area (Å²) >= 11 is 0. The molecule has 0 heterocycles. The van der Waals surface area contributed by atoms with Crippen LogP contribution in [0, 0.1) is 0 Å². The molecule has 4 atom stereocenters. The van der Waals surface area contributed by atoms with Gasteiger partial charge in [-0.15, -0.1) is 0 Å². The number of aliphatic hydroxyl groups is 5. The molecule has 6 nitrogen and oxygen atoms in total. The van der Waals surface area contributed by atoms with E-state index in [-0.39, 0.29) is 6.42 Å². The molecular formula is C34H35FO6. The van der Waals surface area contributed by atoms with Crippen LogP contribution in [0.2, 0.25) is 0 Å². The lowest BCUT2D eigenvalue weighted by Crippen LogP contribution is -2.80. The van der Waals surface area contributed by atoms with Crippen LogP contribution in [0.4, 0.5) is 4.39 Å². The van der Waals surface area contributed by atoms with Crippen molar-refractivity contribution in [3.05, 3.63) is 144 Å². The van der Waals surface area contributed by atoms with Crippen LogP contribution in [0.5, 0.6) is 0 Å². The van der Waals surface area contributed by atoms with Gasteiger partial charge in [0.15, 0.2) is 5.60 Å². The summed E-state index contributed by atoms with van der Waals surface area (Å²) < 4.78 is 15.3. The van der Waals surface area contributed by atoms with Crippen LogP contribution >= 0.6 is 0 Å². The molecule has 0 unspecified atom stereocenters. The van der Waals surface area contributed by atoms with E-state index in [1.807, 2.05) is 0 Å². The van der Waals surface area contributed by atoms with Gasteiger partial charge < -0.3 is 25.5 Å². The van der Waals surface area contributed by atoms with Crippen LogP contribution in [0.25, 0.3) is 0 Å². The zero-order valence-electron chi connectivity index (χ0n) is 22.6. The molecule has 0 saturated carbocycles. The molecule has 0 amide bonds. The Morgan fingerprint density at radius 2 is 0.829 bits per heavy atom. The fraction of sp³-hybridized carbons (Fsp3) is 0.265. The Balaban J connectivity index is 2.00. The van der Waals surface area contributed by atoms with Gasteiger partial charge in [-0.1, -0.05) is 121 Å². The van der Waals surface area contributed by atoms with Gasteiger partial charge in [-0.05, 0) is 22.3 Å². The van der Waals surface area contributed by atoms with E-state index < -0.39 is 54.3 Å². The summed E-state index contributed by atoms with van der Waals surface area (Å²) in [5.41, 5.74) is -10.2. The summed E-state index contributed by atoms with van der Waals surface area (Å²) in [7, 11) is 0. The van der Waals surface area contributed by atoms with Crippen molar-refractivity contribution in [2.45, 2.75) is 48.1 Å². The Hall–Kier alpha value is -3.72. The number of carbonyl (C=O) groups is 1. The van der Waals surface area contributed by atoms with Crippen LogP contribution in [0.15, 0.2) is 121 Å². The van der Waals surface area contributed by atoms with Crippen molar-refractivity contribution in [1.29, 1.82) is 0 Å². The van der Waals surface area contributed by atoms with E-state index in [2.05, 4.69) is 0 Å². The summed E-state index contributed by atoms with van der Waals surface area (Å²) in [5.74, 6) is 0. The third-order valence-corrected chi connectivity index (χ3v) is 7.97. The number of hydrogen-bond donors (Lipinski definition) is 5. The van der Waals surface area contributed by atoms with E-state index in [9.17, 15) is 30.3 Å². The first-order valence-electron chi connectivity index (χ1n) is 13.4. The normalized spacial score (nSPS) is 17.4. The minimum Gasteiger partial charge on any atom is -0.393 e. The Morgan fingerprint density at radius 3 is 1.17 bits per heavy atom. The number of benzene rings is 4. The fourth-order valence-corrected chi connectivity index (χ4v) is 5.65. The number of rotatable bonds is 13. The van der Waals surface area contributed by atoms with Crippen molar-refractivity contribution in [2.24, 2.45) is 0 Å². The molecule has 4 rings (SSSR count). The van der Waals surface area contributed by atoms with Crippen LogP contribution < -0.4 is 0 Å². The molecule has 0 aliphatic rings. The maximum atomic E-state index is 15.3. The average molecular weight is 559 g/mol. The molecule has 41 heavy (non-hydrogen) atoms. The van der Waals surface area contributed by atoms with Crippen LogP contribution in [-0.4, -0.2) is 60.6 Å². The zero-order valence-corrected chi connectivity index (χ0v) is 22.6. The highest BCUT2D eigenvalue weighted by Gasteiger charge is 2.71. The molecule has 0 saturated heterocycles. The first-order valence-corrected chi connectivity index (χ1v) is 13.4. The van der Waals surface area contributed by atoms with Gasteiger partial charge in [-0.2, -0.15) is 4.39 Å². The van der Waals surface area contributed by atoms with Gasteiger partial charge in [0, 0.05) is 25.7 Å². The SMILES string of the molecule is O=C(F)[C@@](O)(Cc1ccccc1)[C@](O)(Cc1ccccc1)[C@](O)(Cc1ccccc1)[C@](O)(CO)Cc1ccccc1. The van der Waals surface area contributed by atoms with Gasteiger partial charge >= 0.3 is 6.04 Å². The monoisotopic (exact) mass is 558 g/mol. The summed E-state index contributed by atoms with van der Waals surface area (Å²) in [4.78, 5) is 12.8. The smallest absolute Gasteiger partial charge is 0.336 e. The highest BCUT2D eigenvalue weighted by Crippen LogP contribution is 2.47. The van der Waals surface area contributed by atoms with E-state index in [4.69, 9.17) is 0 Å². The molecule has 4 aromatic rings. The Labute approximate surface area is 239 Å². The van der Waals surface area contributed by atoms with Crippen molar-refractivity contribution in [1.82, 2.24) is 0 Å². The summed E-state index contributed by atoms with van der Waals surface area (Å²) in [6.07, 6.45) is -2.26. The number of carbonyl (C=O) groups excluding carboxylic acids is 1. The molecule has 0 aromatic heterocycles. The van der Waals surface area contributed by atoms with Crippen molar-refractivity contribution >= 4 is 6.04 Å². The van der Waals surface area contributed by atoms with Crippen molar-refractivity contribution < 1.29 is 34.7 Å². The second-order valence-corrected chi connectivity index (χ2v) is 10.7. The first kappa shape index (κ1) is 30.2. The number of hydrogen-bond acceptors (Lipinski definition) is 6. The topological polar surface area (TPSA) is 118 Å². The second kappa shape index (κ2) is 12.4. The van der Waals surface area contributed by atoms with E-state index in [0.717, 1.165) is 0 Å². The average Bonchev–Trinajstić information content (AvgIpc) is 2.98. The highest BCUT2D eigenvalue weighted by atomic mass is 19.1. The molecule has 5 N–H and O–H groups in total. The lowest BCUT2D eigenvalue weighted by atomic mass is 9.57. The van der Waals surface area contributed by atoms with Crippen molar-refractivity contribution in [2.75, 3.05) is 6.61 Å². The molecule has 0 spiro atoms. The van der Waals surface area contributed by atoms with Crippen molar-refractivity contribution in [3.8, 4) is 0 Å². The number of aliphatic hydroxyl groups excluding tert-OH is 1. The van der Waals surface area contributed by atoms with Gasteiger partial charge in [-0.25, -0.2) is 0 Å². The number of halogens is 1. The van der Waals surface area contributed by atoms with E-state index >= 15 is 4.39 Å². The van der Waals surface area contributed by atoms with Gasteiger partial charge in [0.05, 0.1) is 6.61 Å². The van der Waals surface area contributed by atoms with Crippen LogP contribution in [0.1, 0.15) is 22.3 Å². The minimum atomic E-state index is -3.24. The van der Waals surface area contributed by atoms with Gasteiger partial charge in [-0.3, -0.25) is 4.79 Å².